The number of aryl methyl sites for hydroxylation is 1. The molecule has 0 aromatic carbocycles. The molecule has 0 unspecified atom stereocenters. The molecule has 1 aliphatic heterocycles. The van der Waals surface area contributed by atoms with Crippen LogP contribution in [0.1, 0.15) is 35.4 Å². The largest absolute Gasteiger partial charge is 0.494 e. The summed E-state index contributed by atoms with van der Waals surface area (Å²) >= 11 is 0. The Hall–Kier alpha value is -2.49. The van der Waals surface area contributed by atoms with Gasteiger partial charge in [0.05, 0.1) is 18.5 Å². The molecule has 2 aromatic heterocycles. The van der Waals surface area contributed by atoms with Crippen molar-refractivity contribution < 1.29 is 4.74 Å². The second kappa shape index (κ2) is 5.37. The first-order chi connectivity index (χ1) is 10.8. The lowest BCUT2D eigenvalue weighted by Gasteiger charge is -2.11. The van der Waals surface area contributed by atoms with Crippen molar-refractivity contribution in [3.8, 4) is 0 Å². The summed E-state index contributed by atoms with van der Waals surface area (Å²) in [5.74, 6) is 0.815. The number of aromatic amines is 2. The van der Waals surface area contributed by atoms with Crippen molar-refractivity contribution in [2.75, 3.05) is 7.11 Å². The summed E-state index contributed by atoms with van der Waals surface area (Å²) in [6, 6.07) is 3.99. The van der Waals surface area contributed by atoms with Crippen molar-refractivity contribution in [1.29, 1.82) is 0 Å². The van der Waals surface area contributed by atoms with Gasteiger partial charge in [-0.3, -0.25) is 0 Å². The average molecular weight is 293 g/mol. The van der Waals surface area contributed by atoms with Crippen LogP contribution in [0.15, 0.2) is 47.1 Å². The highest BCUT2D eigenvalue weighted by molar-refractivity contribution is 6.11. The zero-order chi connectivity index (χ0) is 14.9. The van der Waals surface area contributed by atoms with E-state index in [9.17, 15) is 0 Å². The Morgan fingerprint density at radius 3 is 2.95 bits per heavy atom. The van der Waals surface area contributed by atoms with Gasteiger partial charge in [-0.15, -0.1) is 0 Å². The van der Waals surface area contributed by atoms with E-state index < -0.39 is 0 Å². The Bertz CT molecular complexity index is 775. The van der Waals surface area contributed by atoms with E-state index in [-0.39, 0.29) is 0 Å². The minimum absolute atomic E-state index is 0.815. The number of fused-ring (bicyclic) bond motifs is 1. The molecule has 0 radical (unpaired) electrons. The summed E-state index contributed by atoms with van der Waals surface area (Å²) in [5, 5.41) is 0. The van der Waals surface area contributed by atoms with Crippen molar-refractivity contribution in [2.24, 2.45) is 4.99 Å². The molecule has 3 heterocycles. The number of hydrogen-bond acceptors (Lipinski definition) is 2. The average Bonchev–Trinajstić information content (AvgIpc) is 3.27. The van der Waals surface area contributed by atoms with Gasteiger partial charge in [0.25, 0.3) is 0 Å². The van der Waals surface area contributed by atoms with Gasteiger partial charge in [-0.25, -0.2) is 4.99 Å². The fourth-order valence-corrected chi connectivity index (χ4v) is 3.22. The van der Waals surface area contributed by atoms with Crippen LogP contribution in [0.5, 0.6) is 0 Å². The molecule has 2 aliphatic rings. The third kappa shape index (κ3) is 2.21. The number of allylic oxidation sites excluding steroid dienone is 1. The predicted octanol–water partition coefficient (Wildman–Crippen LogP) is 3.60. The SMILES string of the molecule is COC1=CC(c2ccc[nH]2)=NC1=Cc1c[nH]c2c1CCCC2. The maximum Gasteiger partial charge on any atom is 0.146 e. The zero-order valence-electron chi connectivity index (χ0n) is 12.6. The molecule has 0 saturated carbocycles. The zero-order valence-corrected chi connectivity index (χ0v) is 12.6. The summed E-state index contributed by atoms with van der Waals surface area (Å²) in [6.07, 6.45) is 13.0. The molecule has 0 fully saturated rings. The van der Waals surface area contributed by atoms with E-state index >= 15 is 0 Å². The van der Waals surface area contributed by atoms with Crippen molar-refractivity contribution in [3.05, 3.63) is 64.6 Å². The lowest BCUT2D eigenvalue weighted by Crippen LogP contribution is -2.01. The van der Waals surface area contributed by atoms with Crippen LogP contribution in [0.3, 0.4) is 0 Å². The van der Waals surface area contributed by atoms with Crippen molar-refractivity contribution in [3.63, 3.8) is 0 Å². The quantitative estimate of drug-likeness (QED) is 0.892. The van der Waals surface area contributed by atoms with Crippen LogP contribution in [0, 0.1) is 0 Å². The third-order valence-corrected chi connectivity index (χ3v) is 4.37. The number of hydrogen-bond donors (Lipinski definition) is 2. The van der Waals surface area contributed by atoms with Crippen LogP contribution in [0.4, 0.5) is 0 Å². The van der Waals surface area contributed by atoms with E-state index in [1.807, 2.05) is 24.4 Å². The number of methoxy groups -OCH3 is 1. The van der Waals surface area contributed by atoms with Crippen molar-refractivity contribution in [1.82, 2.24) is 9.97 Å². The number of aliphatic imine (C=N–C) groups is 1. The fourth-order valence-electron chi connectivity index (χ4n) is 3.22. The number of nitrogens with zero attached hydrogens (tertiary/aromatic N) is 1. The standard InChI is InChI=1S/C18H19N3O/c1-22-18-10-16(15-7-4-8-19-15)21-17(18)9-12-11-20-14-6-3-2-5-13(12)14/h4,7-11,19-20H,2-3,5-6H2,1H3. The first kappa shape index (κ1) is 13.2. The van der Waals surface area contributed by atoms with Crippen LogP contribution in [0.25, 0.3) is 6.08 Å². The number of aromatic nitrogens is 2. The third-order valence-electron chi connectivity index (χ3n) is 4.37. The second-order valence-corrected chi connectivity index (χ2v) is 5.73. The summed E-state index contributed by atoms with van der Waals surface area (Å²) in [5.41, 5.74) is 6.88. The number of nitrogens with one attached hydrogen (secondary N) is 2. The van der Waals surface area contributed by atoms with Gasteiger partial charge < -0.3 is 14.7 Å². The molecule has 0 spiro atoms. The van der Waals surface area contributed by atoms with Crippen LogP contribution in [-0.4, -0.2) is 22.8 Å². The van der Waals surface area contributed by atoms with E-state index in [1.165, 1.54) is 29.7 Å². The fraction of sp³-hybridized carbons (Fsp3) is 0.278. The lowest BCUT2D eigenvalue weighted by atomic mass is 9.95. The maximum atomic E-state index is 5.50. The molecular formula is C18H19N3O. The highest BCUT2D eigenvalue weighted by atomic mass is 16.5. The van der Waals surface area contributed by atoms with Gasteiger partial charge in [-0.1, -0.05) is 0 Å². The Kier molecular flexibility index (Phi) is 3.22. The Labute approximate surface area is 129 Å². The van der Waals surface area contributed by atoms with E-state index in [1.54, 1.807) is 7.11 Å². The molecule has 4 heteroatoms. The Morgan fingerprint density at radius 2 is 2.14 bits per heavy atom. The van der Waals surface area contributed by atoms with Gasteiger partial charge in [0, 0.05) is 24.2 Å². The summed E-state index contributed by atoms with van der Waals surface area (Å²) in [6.45, 7) is 0. The van der Waals surface area contributed by atoms with E-state index in [0.717, 1.165) is 35.7 Å². The Balaban J connectivity index is 1.72. The van der Waals surface area contributed by atoms with Gasteiger partial charge in [-0.05, 0) is 55.0 Å². The highest BCUT2D eigenvalue weighted by Crippen LogP contribution is 2.29. The number of H-pyrrole nitrogens is 2. The van der Waals surface area contributed by atoms with Gasteiger partial charge in [0.2, 0.25) is 0 Å². The first-order valence-electron chi connectivity index (χ1n) is 7.74. The second-order valence-electron chi connectivity index (χ2n) is 5.73. The summed E-state index contributed by atoms with van der Waals surface area (Å²) in [4.78, 5) is 11.3. The minimum Gasteiger partial charge on any atom is -0.494 e. The molecule has 2 aromatic rings. The smallest absolute Gasteiger partial charge is 0.146 e. The van der Waals surface area contributed by atoms with Crippen LogP contribution >= 0.6 is 0 Å². The van der Waals surface area contributed by atoms with E-state index in [2.05, 4.69) is 22.2 Å². The number of rotatable bonds is 3. The molecule has 4 rings (SSSR count). The van der Waals surface area contributed by atoms with Gasteiger partial charge in [-0.2, -0.15) is 0 Å². The normalized spacial score (nSPS) is 19.0. The first-order valence-corrected chi connectivity index (χ1v) is 7.74. The molecule has 0 atom stereocenters. The van der Waals surface area contributed by atoms with Crippen LogP contribution < -0.4 is 0 Å². The minimum atomic E-state index is 0.815. The monoisotopic (exact) mass is 293 g/mol. The summed E-state index contributed by atoms with van der Waals surface area (Å²) in [7, 11) is 1.69. The molecule has 112 valence electrons. The molecule has 0 amide bonds. The predicted molar refractivity (Wildman–Crippen MR) is 87.8 cm³/mol. The van der Waals surface area contributed by atoms with Gasteiger partial charge in [0.1, 0.15) is 11.5 Å². The lowest BCUT2D eigenvalue weighted by molar-refractivity contribution is 0.303. The van der Waals surface area contributed by atoms with Crippen molar-refractivity contribution >= 4 is 11.8 Å². The maximum absolute atomic E-state index is 5.50. The van der Waals surface area contributed by atoms with Crippen LogP contribution in [-0.2, 0) is 17.6 Å². The molecular weight excluding hydrogens is 274 g/mol. The van der Waals surface area contributed by atoms with Crippen molar-refractivity contribution in [2.45, 2.75) is 25.7 Å². The van der Waals surface area contributed by atoms with E-state index in [0.29, 0.717) is 0 Å². The highest BCUT2D eigenvalue weighted by Gasteiger charge is 2.19. The van der Waals surface area contributed by atoms with E-state index in [4.69, 9.17) is 9.73 Å². The number of ether oxygens (including phenoxy) is 1. The molecule has 0 saturated heterocycles. The van der Waals surface area contributed by atoms with Crippen LogP contribution in [0.2, 0.25) is 0 Å². The molecule has 22 heavy (non-hydrogen) atoms. The van der Waals surface area contributed by atoms with Gasteiger partial charge >= 0.3 is 0 Å². The molecule has 2 N–H and O–H groups in total. The topological polar surface area (TPSA) is 53.2 Å². The molecule has 0 bridgehead atoms. The Morgan fingerprint density at radius 1 is 1.23 bits per heavy atom. The summed E-state index contributed by atoms with van der Waals surface area (Å²) < 4.78 is 5.50. The molecule has 1 aliphatic carbocycles. The van der Waals surface area contributed by atoms with Gasteiger partial charge in [0.15, 0.2) is 0 Å². The molecule has 4 nitrogen and oxygen atoms in total.